The van der Waals surface area contributed by atoms with Crippen molar-refractivity contribution >= 4 is 10.0 Å². The first-order valence-electron chi connectivity index (χ1n) is 7.70. The summed E-state index contributed by atoms with van der Waals surface area (Å²) < 4.78 is 32.8. The molecule has 1 N–H and O–H groups in total. The zero-order chi connectivity index (χ0) is 16.3. The third-order valence-electron chi connectivity index (χ3n) is 4.33. The van der Waals surface area contributed by atoms with Crippen LogP contribution in [-0.2, 0) is 10.0 Å². The number of rotatable bonds is 5. The second kappa shape index (κ2) is 6.98. The van der Waals surface area contributed by atoms with E-state index in [1.807, 2.05) is 20.9 Å². The molecule has 0 saturated carbocycles. The first-order chi connectivity index (χ1) is 10.4. The second-order valence-electron chi connectivity index (χ2n) is 6.00. The number of hydrogen-bond donors (Lipinski definition) is 1. The molecular formula is C16H26N2O3S. The maximum atomic E-state index is 13.0. The fourth-order valence-corrected chi connectivity index (χ4v) is 5.09. The summed E-state index contributed by atoms with van der Waals surface area (Å²) in [5, 5.41) is 3.17. The van der Waals surface area contributed by atoms with E-state index in [1.54, 1.807) is 23.5 Å². The molecule has 0 bridgehead atoms. The minimum atomic E-state index is -3.43. The molecule has 1 saturated heterocycles. The number of methoxy groups -OCH3 is 1. The van der Waals surface area contributed by atoms with Crippen LogP contribution in [0.5, 0.6) is 5.75 Å². The third-order valence-corrected chi connectivity index (χ3v) is 6.54. The Morgan fingerprint density at radius 2 is 1.77 bits per heavy atom. The van der Waals surface area contributed by atoms with Gasteiger partial charge in [0.15, 0.2) is 0 Å². The predicted molar refractivity (Wildman–Crippen MR) is 87.9 cm³/mol. The molecule has 1 aliphatic heterocycles. The van der Waals surface area contributed by atoms with E-state index in [2.05, 4.69) is 5.32 Å². The highest BCUT2D eigenvalue weighted by atomic mass is 32.2. The minimum Gasteiger partial charge on any atom is -0.497 e. The van der Waals surface area contributed by atoms with Crippen LogP contribution in [-0.4, -0.2) is 46.5 Å². The van der Waals surface area contributed by atoms with Gasteiger partial charge in [-0.1, -0.05) is 0 Å². The van der Waals surface area contributed by atoms with Gasteiger partial charge in [0.25, 0.3) is 0 Å². The van der Waals surface area contributed by atoms with Crippen molar-refractivity contribution in [1.82, 2.24) is 9.62 Å². The zero-order valence-corrected chi connectivity index (χ0v) is 14.7. The van der Waals surface area contributed by atoms with Gasteiger partial charge in [0.2, 0.25) is 10.0 Å². The Balaban J connectivity index is 2.25. The van der Waals surface area contributed by atoms with Crippen LogP contribution < -0.4 is 10.1 Å². The SMILES string of the molecule is CNCC1CCN(S(=O)(=O)c2c(C)cc(OC)cc2C)CC1. The van der Waals surface area contributed by atoms with Crippen molar-refractivity contribution in [3.63, 3.8) is 0 Å². The van der Waals surface area contributed by atoms with Crippen LogP contribution in [0, 0.1) is 19.8 Å². The van der Waals surface area contributed by atoms with E-state index < -0.39 is 10.0 Å². The molecule has 1 fully saturated rings. The molecule has 1 aromatic rings. The fourth-order valence-electron chi connectivity index (χ4n) is 3.21. The van der Waals surface area contributed by atoms with Gasteiger partial charge in [-0.05, 0) is 69.5 Å². The van der Waals surface area contributed by atoms with E-state index in [0.717, 1.165) is 30.5 Å². The lowest BCUT2D eigenvalue weighted by Gasteiger charge is -2.32. The van der Waals surface area contributed by atoms with Crippen molar-refractivity contribution in [1.29, 1.82) is 0 Å². The van der Waals surface area contributed by atoms with E-state index in [-0.39, 0.29) is 0 Å². The first kappa shape index (κ1) is 17.2. The van der Waals surface area contributed by atoms with Crippen molar-refractivity contribution in [3.05, 3.63) is 23.3 Å². The minimum absolute atomic E-state index is 0.431. The number of benzene rings is 1. The molecule has 2 rings (SSSR count). The predicted octanol–water partition coefficient (Wildman–Crippen LogP) is 1.93. The highest BCUT2D eigenvalue weighted by Gasteiger charge is 2.31. The summed E-state index contributed by atoms with van der Waals surface area (Å²) in [5.74, 6) is 1.26. The molecular weight excluding hydrogens is 300 g/mol. The van der Waals surface area contributed by atoms with Crippen molar-refractivity contribution in [3.8, 4) is 5.75 Å². The first-order valence-corrected chi connectivity index (χ1v) is 9.14. The van der Waals surface area contributed by atoms with Gasteiger partial charge in [0, 0.05) is 13.1 Å². The topological polar surface area (TPSA) is 58.6 Å². The molecule has 6 heteroatoms. The van der Waals surface area contributed by atoms with Crippen LogP contribution in [0.3, 0.4) is 0 Å². The van der Waals surface area contributed by atoms with E-state index in [9.17, 15) is 8.42 Å². The summed E-state index contributed by atoms with van der Waals surface area (Å²) in [6.07, 6.45) is 1.82. The number of nitrogens with one attached hydrogen (secondary N) is 1. The smallest absolute Gasteiger partial charge is 0.243 e. The van der Waals surface area contributed by atoms with Gasteiger partial charge in [-0.15, -0.1) is 0 Å². The Morgan fingerprint density at radius 1 is 1.23 bits per heavy atom. The lowest BCUT2D eigenvalue weighted by atomic mass is 9.98. The molecule has 1 aliphatic rings. The zero-order valence-electron chi connectivity index (χ0n) is 13.8. The van der Waals surface area contributed by atoms with E-state index in [0.29, 0.717) is 29.7 Å². The summed E-state index contributed by atoms with van der Waals surface area (Å²) in [4.78, 5) is 0.431. The molecule has 0 amide bonds. The molecule has 0 atom stereocenters. The number of nitrogens with zero attached hydrogens (tertiary/aromatic N) is 1. The average molecular weight is 326 g/mol. The van der Waals surface area contributed by atoms with Crippen molar-refractivity contribution in [2.24, 2.45) is 5.92 Å². The van der Waals surface area contributed by atoms with Gasteiger partial charge in [0.1, 0.15) is 5.75 Å². The number of sulfonamides is 1. The Kier molecular flexibility index (Phi) is 5.47. The molecule has 22 heavy (non-hydrogen) atoms. The molecule has 0 aliphatic carbocycles. The summed E-state index contributed by atoms with van der Waals surface area (Å²) in [7, 11) is 0.101. The summed E-state index contributed by atoms with van der Waals surface area (Å²) >= 11 is 0. The average Bonchev–Trinajstić information content (AvgIpc) is 2.47. The Morgan fingerprint density at radius 3 is 2.23 bits per heavy atom. The van der Waals surface area contributed by atoms with Crippen molar-refractivity contribution in [2.75, 3.05) is 33.8 Å². The van der Waals surface area contributed by atoms with E-state index >= 15 is 0 Å². The van der Waals surface area contributed by atoms with Gasteiger partial charge in [0.05, 0.1) is 12.0 Å². The van der Waals surface area contributed by atoms with Gasteiger partial charge in [-0.25, -0.2) is 8.42 Å². The van der Waals surface area contributed by atoms with Crippen LogP contribution >= 0.6 is 0 Å². The molecule has 1 aromatic carbocycles. The third kappa shape index (κ3) is 3.45. The van der Waals surface area contributed by atoms with Crippen LogP contribution in [0.1, 0.15) is 24.0 Å². The van der Waals surface area contributed by atoms with Gasteiger partial charge in [-0.3, -0.25) is 0 Å². The maximum absolute atomic E-state index is 13.0. The molecule has 1 heterocycles. The van der Waals surface area contributed by atoms with Crippen LogP contribution in [0.2, 0.25) is 0 Å². The molecule has 0 unspecified atom stereocenters. The standard InChI is InChI=1S/C16H26N2O3S/c1-12-9-15(21-4)10-13(2)16(12)22(19,20)18-7-5-14(6-8-18)11-17-3/h9-10,14,17H,5-8,11H2,1-4H3. The molecule has 5 nitrogen and oxygen atoms in total. The van der Waals surface area contributed by atoms with Gasteiger partial charge in [-0.2, -0.15) is 4.31 Å². The summed E-state index contributed by atoms with van der Waals surface area (Å²) in [6.45, 7) is 5.81. The highest BCUT2D eigenvalue weighted by Crippen LogP contribution is 2.30. The normalized spacial score (nSPS) is 17.6. The monoisotopic (exact) mass is 326 g/mol. The van der Waals surface area contributed by atoms with Crippen molar-refractivity contribution < 1.29 is 13.2 Å². The lowest BCUT2D eigenvalue weighted by Crippen LogP contribution is -2.40. The maximum Gasteiger partial charge on any atom is 0.243 e. The number of piperidine rings is 1. The van der Waals surface area contributed by atoms with Crippen LogP contribution in [0.25, 0.3) is 0 Å². The van der Waals surface area contributed by atoms with Crippen molar-refractivity contribution in [2.45, 2.75) is 31.6 Å². The Bertz CT molecular complexity index is 597. The highest BCUT2D eigenvalue weighted by molar-refractivity contribution is 7.89. The molecule has 0 radical (unpaired) electrons. The quantitative estimate of drug-likeness (QED) is 0.898. The largest absolute Gasteiger partial charge is 0.497 e. The van der Waals surface area contributed by atoms with Crippen LogP contribution in [0.15, 0.2) is 17.0 Å². The fraction of sp³-hybridized carbons (Fsp3) is 0.625. The Labute approximate surface area is 133 Å². The van der Waals surface area contributed by atoms with Gasteiger partial charge < -0.3 is 10.1 Å². The van der Waals surface area contributed by atoms with E-state index in [1.165, 1.54) is 0 Å². The molecule has 0 spiro atoms. The second-order valence-corrected chi connectivity index (χ2v) is 7.87. The number of aryl methyl sites for hydroxylation is 2. The summed E-state index contributed by atoms with van der Waals surface area (Å²) in [5.41, 5.74) is 1.49. The number of ether oxygens (including phenoxy) is 1. The molecule has 124 valence electrons. The lowest BCUT2D eigenvalue weighted by molar-refractivity contribution is 0.270. The molecule has 0 aromatic heterocycles. The van der Waals surface area contributed by atoms with Gasteiger partial charge >= 0.3 is 0 Å². The van der Waals surface area contributed by atoms with Crippen LogP contribution in [0.4, 0.5) is 0 Å². The number of hydrogen-bond acceptors (Lipinski definition) is 4. The summed E-state index contributed by atoms with van der Waals surface area (Å²) in [6, 6.07) is 3.57. The Hall–Kier alpha value is -1.11. The van der Waals surface area contributed by atoms with E-state index in [4.69, 9.17) is 4.74 Å².